The van der Waals surface area contributed by atoms with Gasteiger partial charge in [-0.3, -0.25) is 0 Å². The lowest BCUT2D eigenvalue weighted by Gasteiger charge is -2.30. The largest absolute Gasteiger partial charge is 1.00 e. The summed E-state index contributed by atoms with van der Waals surface area (Å²) in [5.74, 6) is 0. The van der Waals surface area contributed by atoms with Crippen molar-refractivity contribution in [2.24, 2.45) is 0 Å². The highest BCUT2D eigenvalue weighted by Crippen LogP contribution is 2.11. The molecule has 0 spiro atoms. The van der Waals surface area contributed by atoms with Gasteiger partial charge in [0, 0.05) is 25.7 Å². The van der Waals surface area contributed by atoms with Gasteiger partial charge >= 0.3 is 0 Å². The molecule has 4 nitrogen and oxygen atoms in total. The molecule has 0 aliphatic carbocycles. The van der Waals surface area contributed by atoms with Crippen LogP contribution in [-0.4, -0.2) is 50.0 Å². The van der Waals surface area contributed by atoms with Crippen LogP contribution in [0.1, 0.15) is 13.8 Å². The van der Waals surface area contributed by atoms with E-state index in [2.05, 4.69) is 29.1 Å². The first kappa shape index (κ1) is 13.5. The molecule has 16 heavy (non-hydrogen) atoms. The number of nitrogens with one attached hydrogen (secondary N) is 2. The number of nitrogens with zero attached hydrogens (tertiary/aromatic N) is 1. The van der Waals surface area contributed by atoms with Gasteiger partial charge in [-0.15, -0.1) is 0 Å². The molecule has 5 heteroatoms. The van der Waals surface area contributed by atoms with E-state index in [1.165, 1.54) is 17.1 Å². The highest BCUT2D eigenvalue weighted by atomic mass is 79.9. The Labute approximate surface area is 108 Å². The predicted molar refractivity (Wildman–Crippen MR) is 59.6 cm³/mol. The van der Waals surface area contributed by atoms with Gasteiger partial charge in [0.2, 0.25) is 0 Å². The maximum atomic E-state index is 5.38. The van der Waals surface area contributed by atoms with Crippen molar-refractivity contribution in [2.45, 2.75) is 13.8 Å². The van der Waals surface area contributed by atoms with E-state index in [0.717, 1.165) is 39.4 Å². The lowest BCUT2D eigenvalue weighted by Crippen LogP contribution is -3.00. The molecule has 2 heterocycles. The van der Waals surface area contributed by atoms with E-state index in [9.17, 15) is 0 Å². The minimum atomic E-state index is 0. The van der Waals surface area contributed by atoms with Crippen molar-refractivity contribution in [1.82, 2.24) is 10.2 Å². The van der Waals surface area contributed by atoms with E-state index in [1.54, 1.807) is 0 Å². The highest BCUT2D eigenvalue weighted by molar-refractivity contribution is 5.93. The minimum Gasteiger partial charge on any atom is -1.00 e. The second-order valence-electron chi connectivity index (χ2n) is 4.05. The summed E-state index contributed by atoms with van der Waals surface area (Å²) in [6.45, 7) is 9.96. The quantitative estimate of drug-likeness (QED) is 0.513. The molecule has 2 N–H and O–H groups in total. The SMILES string of the molecule is CC1=[NH+]CCNC(C)=C1N1CCOCC1.[Br-]. The predicted octanol–water partition coefficient (Wildman–Crippen LogP) is -4.30. The van der Waals surface area contributed by atoms with E-state index in [1.807, 2.05) is 0 Å². The molecule has 92 valence electrons. The summed E-state index contributed by atoms with van der Waals surface area (Å²) in [6.07, 6.45) is 0. The molecule has 0 saturated carbocycles. The fourth-order valence-corrected chi connectivity index (χ4v) is 2.21. The van der Waals surface area contributed by atoms with Gasteiger partial charge in [-0.25, -0.2) is 4.99 Å². The zero-order chi connectivity index (χ0) is 10.7. The van der Waals surface area contributed by atoms with Gasteiger partial charge in [-0.05, 0) is 6.92 Å². The molecular weight excluding hydrogens is 270 g/mol. The maximum Gasteiger partial charge on any atom is 0.196 e. The van der Waals surface area contributed by atoms with Crippen molar-refractivity contribution in [2.75, 3.05) is 39.4 Å². The third-order valence-electron chi connectivity index (χ3n) is 2.94. The van der Waals surface area contributed by atoms with Crippen LogP contribution in [-0.2, 0) is 4.74 Å². The van der Waals surface area contributed by atoms with Gasteiger partial charge in [0.15, 0.2) is 12.3 Å². The summed E-state index contributed by atoms with van der Waals surface area (Å²) >= 11 is 0. The fraction of sp³-hybridized carbons (Fsp3) is 0.727. The topological polar surface area (TPSA) is 38.5 Å². The number of halogens is 1. The minimum absolute atomic E-state index is 0. The average molecular weight is 290 g/mol. The Balaban J connectivity index is 0.00000128. The molecule has 0 aromatic heterocycles. The van der Waals surface area contributed by atoms with Crippen molar-refractivity contribution in [3.05, 3.63) is 11.4 Å². The van der Waals surface area contributed by atoms with E-state index >= 15 is 0 Å². The van der Waals surface area contributed by atoms with Crippen LogP contribution in [0.3, 0.4) is 0 Å². The molecule has 0 aromatic carbocycles. The van der Waals surface area contributed by atoms with Gasteiger partial charge in [-0.2, -0.15) is 0 Å². The van der Waals surface area contributed by atoms with Crippen molar-refractivity contribution in [3.8, 4) is 0 Å². The standard InChI is InChI=1S/C11H19N3O.BrH/c1-9-11(10(2)13-4-3-12-9)14-5-7-15-8-6-14;/h12H,3-8H2,1-2H3;1H. The molecule has 1 fully saturated rings. The van der Waals surface area contributed by atoms with Gasteiger partial charge in [0.1, 0.15) is 5.70 Å². The Morgan fingerprint density at radius 3 is 2.62 bits per heavy atom. The monoisotopic (exact) mass is 289 g/mol. The smallest absolute Gasteiger partial charge is 0.196 e. The normalized spacial score (nSPS) is 21.9. The Morgan fingerprint density at radius 1 is 1.25 bits per heavy atom. The summed E-state index contributed by atoms with van der Waals surface area (Å²) in [7, 11) is 0. The zero-order valence-electron chi connectivity index (χ0n) is 9.98. The van der Waals surface area contributed by atoms with Crippen molar-refractivity contribution in [3.63, 3.8) is 0 Å². The summed E-state index contributed by atoms with van der Waals surface area (Å²) in [6, 6.07) is 0. The Hall–Kier alpha value is -0.550. The van der Waals surface area contributed by atoms with Gasteiger partial charge in [0.25, 0.3) is 0 Å². The van der Waals surface area contributed by atoms with Crippen LogP contribution in [0, 0.1) is 0 Å². The van der Waals surface area contributed by atoms with Gasteiger partial charge in [-0.1, -0.05) is 0 Å². The molecule has 1 saturated heterocycles. The van der Waals surface area contributed by atoms with Crippen LogP contribution in [0.15, 0.2) is 11.4 Å². The van der Waals surface area contributed by atoms with Crippen LogP contribution in [0.4, 0.5) is 0 Å². The summed E-state index contributed by atoms with van der Waals surface area (Å²) in [4.78, 5) is 5.84. The Kier molecular flexibility index (Phi) is 5.28. The van der Waals surface area contributed by atoms with E-state index < -0.39 is 0 Å². The molecule has 0 radical (unpaired) electrons. The highest BCUT2D eigenvalue weighted by Gasteiger charge is 2.22. The second-order valence-corrected chi connectivity index (χ2v) is 4.05. The van der Waals surface area contributed by atoms with Crippen LogP contribution in [0.2, 0.25) is 0 Å². The van der Waals surface area contributed by atoms with Crippen molar-refractivity contribution in [1.29, 1.82) is 0 Å². The Morgan fingerprint density at radius 2 is 1.94 bits per heavy atom. The number of hydrogen-bond donors (Lipinski definition) is 2. The molecule has 0 aromatic rings. The molecule has 2 aliphatic rings. The van der Waals surface area contributed by atoms with Gasteiger partial charge in [0.05, 0.1) is 19.8 Å². The summed E-state index contributed by atoms with van der Waals surface area (Å²) < 4.78 is 5.38. The molecule has 0 bridgehead atoms. The second kappa shape index (κ2) is 6.25. The van der Waals surface area contributed by atoms with Crippen LogP contribution >= 0.6 is 0 Å². The number of rotatable bonds is 1. The zero-order valence-corrected chi connectivity index (χ0v) is 11.6. The Bertz CT molecular complexity index is 296. The third-order valence-corrected chi connectivity index (χ3v) is 2.94. The molecule has 0 amide bonds. The van der Waals surface area contributed by atoms with E-state index in [0.29, 0.717) is 0 Å². The van der Waals surface area contributed by atoms with Crippen LogP contribution in [0.25, 0.3) is 0 Å². The fourth-order valence-electron chi connectivity index (χ4n) is 2.21. The van der Waals surface area contributed by atoms with Crippen molar-refractivity contribution < 1.29 is 26.7 Å². The van der Waals surface area contributed by atoms with Crippen molar-refractivity contribution >= 4 is 5.71 Å². The third kappa shape index (κ3) is 2.98. The van der Waals surface area contributed by atoms with Crippen LogP contribution < -0.4 is 27.3 Å². The molecule has 0 unspecified atom stereocenters. The molecule has 0 atom stereocenters. The molecule has 2 rings (SSSR count). The van der Waals surface area contributed by atoms with Gasteiger partial charge < -0.3 is 31.9 Å². The summed E-state index contributed by atoms with van der Waals surface area (Å²) in [5.41, 5.74) is 3.88. The van der Waals surface area contributed by atoms with Crippen LogP contribution in [0.5, 0.6) is 0 Å². The average Bonchev–Trinajstić information content (AvgIpc) is 2.41. The number of hydrogen-bond acceptors (Lipinski definition) is 3. The van der Waals surface area contributed by atoms with E-state index in [-0.39, 0.29) is 17.0 Å². The lowest BCUT2D eigenvalue weighted by atomic mass is 10.2. The maximum absolute atomic E-state index is 5.38. The molecule has 2 aliphatic heterocycles. The number of ether oxygens (including phenoxy) is 1. The molecular formula is C11H20BrN3O. The number of allylic oxidation sites excluding steroid dienone is 2. The first-order valence-corrected chi connectivity index (χ1v) is 5.64. The summed E-state index contributed by atoms with van der Waals surface area (Å²) in [5, 5.41) is 3.44. The number of morpholine rings is 1. The van der Waals surface area contributed by atoms with E-state index in [4.69, 9.17) is 4.74 Å². The lowest BCUT2D eigenvalue weighted by molar-refractivity contribution is -0.454. The first-order valence-electron chi connectivity index (χ1n) is 5.64. The first-order chi connectivity index (χ1) is 7.29.